The van der Waals surface area contributed by atoms with E-state index in [0.717, 1.165) is 5.69 Å². The topological polar surface area (TPSA) is 41.1 Å². The zero-order valence-electron chi connectivity index (χ0n) is 10.9. The van der Waals surface area contributed by atoms with Crippen molar-refractivity contribution < 1.29 is 4.79 Å². The highest BCUT2D eigenvalue weighted by Crippen LogP contribution is 2.23. The minimum Gasteiger partial charge on any atom is -0.312 e. The molecule has 0 saturated heterocycles. The Kier molecular flexibility index (Phi) is 3.94. The van der Waals surface area contributed by atoms with Crippen molar-refractivity contribution in [3.8, 4) is 0 Å². The molecule has 17 heavy (non-hydrogen) atoms. The normalized spacial score (nSPS) is 10.8. The zero-order chi connectivity index (χ0) is 13.1. The first-order valence-corrected chi connectivity index (χ1v) is 5.63. The molecule has 0 spiro atoms. The van der Waals surface area contributed by atoms with Crippen molar-refractivity contribution in [1.82, 2.24) is 5.32 Å². The predicted octanol–water partition coefficient (Wildman–Crippen LogP) is 3.64. The second kappa shape index (κ2) is 5.04. The number of carbonyl (C=O) groups excluding carboxylic acids is 1. The van der Waals surface area contributed by atoms with Crippen LogP contribution >= 0.6 is 0 Å². The number of benzene rings is 1. The summed E-state index contributed by atoms with van der Waals surface area (Å²) in [6.45, 7) is 11.8. The molecule has 0 fully saturated rings. The van der Waals surface area contributed by atoms with Gasteiger partial charge in [0, 0.05) is 11.4 Å². The van der Waals surface area contributed by atoms with Crippen LogP contribution in [0.1, 0.15) is 33.3 Å². The van der Waals surface area contributed by atoms with Gasteiger partial charge in [0.25, 0.3) is 0 Å². The van der Waals surface area contributed by atoms with Crippen LogP contribution in [0, 0.1) is 0 Å². The minimum atomic E-state index is -0.263. The van der Waals surface area contributed by atoms with Crippen molar-refractivity contribution in [3.63, 3.8) is 0 Å². The molecule has 2 N–H and O–H groups in total. The quantitative estimate of drug-likeness (QED) is 0.803. The molecule has 3 heteroatoms. The van der Waals surface area contributed by atoms with Crippen molar-refractivity contribution in [1.29, 1.82) is 0 Å². The lowest BCUT2D eigenvalue weighted by Crippen LogP contribution is -2.26. The molecular formula is C14H20N2O. The molecule has 0 saturated carbocycles. The van der Waals surface area contributed by atoms with Gasteiger partial charge in [-0.25, -0.2) is 4.79 Å². The molecule has 0 unspecified atom stereocenters. The molecule has 0 aromatic heterocycles. The third-order valence-corrected chi connectivity index (χ3v) is 2.34. The Hall–Kier alpha value is -1.77. The molecule has 0 atom stereocenters. The Bertz CT molecular complexity index is 413. The Labute approximate surface area is 103 Å². The first-order chi connectivity index (χ1) is 7.79. The number of hydrogen-bond acceptors (Lipinski definition) is 1. The van der Waals surface area contributed by atoms with Crippen LogP contribution in [0.5, 0.6) is 0 Å². The number of anilines is 1. The van der Waals surface area contributed by atoms with Crippen LogP contribution in [0.2, 0.25) is 0 Å². The van der Waals surface area contributed by atoms with Crippen molar-refractivity contribution >= 4 is 11.7 Å². The SMILES string of the molecule is C=C(C)NC(=O)Nc1ccc(C(C)(C)C)cc1. The first kappa shape index (κ1) is 13.3. The van der Waals surface area contributed by atoms with Gasteiger partial charge < -0.3 is 10.6 Å². The molecule has 0 bridgehead atoms. The van der Waals surface area contributed by atoms with E-state index in [1.54, 1.807) is 6.92 Å². The van der Waals surface area contributed by atoms with E-state index in [-0.39, 0.29) is 11.4 Å². The summed E-state index contributed by atoms with van der Waals surface area (Å²) in [5, 5.41) is 5.33. The molecule has 1 aromatic carbocycles. The zero-order valence-corrected chi connectivity index (χ0v) is 10.9. The Morgan fingerprint density at radius 3 is 2.12 bits per heavy atom. The smallest absolute Gasteiger partial charge is 0.312 e. The lowest BCUT2D eigenvalue weighted by atomic mass is 9.87. The van der Waals surface area contributed by atoms with Crippen LogP contribution < -0.4 is 10.6 Å². The van der Waals surface area contributed by atoms with Crippen molar-refractivity contribution in [2.75, 3.05) is 5.32 Å². The summed E-state index contributed by atoms with van der Waals surface area (Å²) >= 11 is 0. The maximum absolute atomic E-state index is 11.4. The molecule has 0 aliphatic heterocycles. The van der Waals surface area contributed by atoms with Crippen LogP contribution in [0.4, 0.5) is 10.5 Å². The maximum Gasteiger partial charge on any atom is 0.323 e. The standard InChI is InChI=1S/C14H20N2O/c1-10(2)15-13(17)16-12-8-6-11(7-9-12)14(3,4)5/h6-9H,1H2,2-5H3,(H2,15,16,17). The van der Waals surface area contributed by atoms with Crippen molar-refractivity contribution in [2.24, 2.45) is 0 Å². The molecule has 1 aromatic rings. The monoisotopic (exact) mass is 232 g/mol. The van der Waals surface area contributed by atoms with E-state index in [1.807, 2.05) is 24.3 Å². The molecule has 0 aliphatic carbocycles. The third kappa shape index (κ3) is 4.31. The second-order valence-electron chi connectivity index (χ2n) is 5.19. The molecule has 1 rings (SSSR count). The van der Waals surface area contributed by atoms with E-state index < -0.39 is 0 Å². The molecule has 0 radical (unpaired) electrons. The lowest BCUT2D eigenvalue weighted by Gasteiger charge is -2.19. The summed E-state index contributed by atoms with van der Waals surface area (Å²) in [5.41, 5.74) is 2.76. The van der Waals surface area contributed by atoms with Gasteiger partial charge in [0.15, 0.2) is 0 Å². The number of rotatable bonds is 2. The number of allylic oxidation sites excluding steroid dienone is 1. The average molecular weight is 232 g/mol. The molecule has 2 amide bonds. The van der Waals surface area contributed by atoms with E-state index >= 15 is 0 Å². The highest BCUT2D eigenvalue weighted by molar-refractivity contribution is 5.90. The number of carbonyl (C=O) groups is 1. The molecule has 0 heterocycles. The number of hydrogen-bond donors (Lipinski definition) is 2. The van der Waals surface area contributed by atoms with Crippen molar-refractivity contribution in [2.45, 2.75) is 33.1 Å². The molecule has 3 nitrogen and oxygen atoms in total. The van der Waals surface area contributed by atoms with Gasteiger partial charge >= 0.3 is 6.03 Å². The van der Waals surface area contributed by atoms with E-state index in [0.29, 0.717) is 5.70 Å². The van der Waals surface area contributed by atoms with Gasteiger partial charge in [0.2, 0.25) is 0 Å². The highest BCUT2D eigenvalue weighted by Gasteiger charge is 2.13. The molecular weight excluding hydrogens is 212 g/mol. The summed E-state index contributed by atoms with van der Waals surface area (Å²) in [7, 11) is 0. The fraction of sp³-hybridized carbons (Fsp3) is 0.357. The van der Waals surface area contributed by atoms with Gasteiger partial charge in [0.05, 0.1) is 0 Å². The van der Waals surface area contributed by atoms with Crippen LogP contribution in [-0.2, 0) is 5.41 Å². The minimum absolute atomic E-state index is 0.124. The maximum atomic E-state index is 11.4. The Morgan fingerprint density at radius 2 is 1.71 bits per heavy atom. The molecule has 0 aliphatic rings. The van der Waals surface area contributed by atoms with Crippen LogP contribution in [0.15, 0.2) is 36.5 Å². The van der Waals surface area contributed by atoms with Gasteiger partial charge in [-0.15, -0.1) is 0 Å². The fourth-order valence-corrected chi connectivity index (χ4v) is 1.41. The third-order valence-electron chi connectivity index (χ3n) is 2.34. The number of nitrogens with one attached hydrogen (secondary N) is 2. The lowest BCUT2D eigenvalue weighted by molar-refractivity contribution is 0.254. The van der Waals surface area contributed by atoms with Gasteiger partial charge in [-0.3, -0.25) is 0 Å². The van der Waals surface area contributed by atoms with Gasteiger partial charge in [0.1, 0.15) is 0 Å². The van der Waals surface area contributed by atoms with E-state index in [4.69, 9.17) is 0 Å². The van der Waals surface area contributed by atoms with Crippen LogP contribution in [0.25, 0.3) is 0 Å². The van der Waals surface area contributed by atoms with E-state index in [1.165, 1.54) is 5.56 Å². The largest absolute Gasteiger partial charge is 0.323 e. The van der Waals surface area contributed by atoms with E-state index in [2.05, 4.69) is 38.0 Å². The van der Waals surface area contributed by atoms with Gasteiger partial charge in [-0.05, 0) is 30.0 Å². The van der Waals surface area contributed by atoms with Gasteiger partial charge in [-0.2, -0.15) is 0 Å². The average Bonchev–Trinajstić information content (AvgIpc) is 2.15. The molecule has 92 valence electrons. The summed E-state index contributed by atoms with van der Waals surface area (Å²) in [6, 6.07) is 7.59. The summed E-state index contributed by atoms with van der Waals surface area (Å²) < 4.78 is 0. The first-order valence-electron chi connectivity index (χ1n) is 5.63. The van der Waals surface area contributed by atoms with E-state index in [9.17, 15) is 4.79 Å². The van der Waals surface area contributed by atoms with Gasteiger partial charge in [-0.1, -0.05) is 39.5 Å². The Balaban J connectivity index is 2.69. The van der Waals surface area contributed by atoms with Crippen LogP contribution in [0.3, 0.4) is 0 Å². The number of amides is 2. The predicted molar refractivity (Wildman–Crippen MR) is 72.1 cm³/mol. The highest BCUT2D eigenvalue weighted by atomic mass is 16.2. The number of urea groups is 1. The summed E-state index contributed by atoms with van der Waals surface area (Å²) in [4.78, 5) is 11.4. The Morgan fingerprint density at radius 1 is 1.18 bits per heavy atom. The van der Waals surface area contributed by atoms with Crippen molar-refractivity contribution in [3.05, 3.63) is 42.1 Å². The van der Waals surface area contributed by atoms with Crippen LogP contribution in [-0.4, -0.2) is 6.03 Å². The fourth-order valence-electron chi connectivity index (χ4n) is 1.41. The summed E-state index contributed by atoms with van der Waals surface area (Å²) in [5.74, 6) is 0. The summed E-state index contributed by atoms with van der Waals surface area (Å²) in [6.07, 6.45) is 0. The second-order valence-corrected chi connectivity index (χ2v) is 5.19.